The lowest BCUT2D eigenvalue weighted by Crippen LogP contribution is -2.28. The molecule has 0 aliphatic rings. The van der Waals surface area contributed by atoms with Crippen molar-refractivity contribution in [1.82, 2.24) is 9.97 Å². The van der Waals surface area contributed by atoms with Crippen molar-refractivity contribution in [2.45, 2.75) is 39.7 Å². The maximum absolute atomic E-state index is 5.87. The van der Waals surface area contributed by atoms with E-state index in [1.165, 1.54) is 6.33 Å². The van der Waals surface area contributed by atoms with Gasteiger partial charge in [-0.25, -0.2) is 9.97 Å². The van der Waals surface area contributed by atoms with Crippen molar-refractivity contribution in [3.05, 3.63) is 11.9 Å². The molecule has 0 bridgehead atoms. The Labute approximate surface area is 91.5 Å². The topological polar surface area (TPSA) is 55.0 Å². The molecular formula is C11H20N4. The molecule has 0 atom stereocenters. The lowest BCUT2D eigenvalue weighted by atomic mass is 10.1. The fourth-order valence-electron chi connectivity index (χ4n) is 1.45. The van der Waals surface area contributed by atoms with E-state index in [4.69, 9.17) is 5.73 Å². The molecule has 0 radical (unpaired) electrons. The molecule has 1 aromatic rings. The summed E-state index contributed by atoms with van der Waals surface area (Å²) in [6, 6.07) is 0.412. The lowest BCUT2D eigenvalue weighted by Gasteiger charge is -2.25. The summed E-state index contributed by atoms with van der Waals surface area (Å²) in [7, 11) is 2.03. The molecule has 0 aliphatic carbocycles. The standard InChI is InChI=1S/C11H20N4/c1-5-6-9-10(12)13-7-14-11(9)15(4)8(2)3/h7-8H,5-6H2,1-4H3,(H2,12,13,14). The van der Waals surface area contributed by atoms with Crippen LogP contribution >= 0.6 is 0 Å². The fraction of sp³-hybridized carbons (Fsp3) is 0.636. The highest BCUT2D eigenvalue weighted by Gasteiger charge is 2.14. The van der Waals surface area contributed by atoms with E-state index in [-0.39, 0.29) is 0 Å². The van der Waals surface area contributed by atoms with Crippen LogP contribution in [0.1, 0.15) is 32.8 Å². The number of aromatic nitrogens is 2. The number of anilines is 2. The molecule has 15 heavy (non-hydrogen) atoms. The Morgan fingerprint density at radius 2 is 2.07 bits per heavy atom. The summed E-state index contributed by atoms with van der Waals surface area (Å²) in [5.74, 6) is 1.56. The molecule has 4 nitrogen and oxygen atoms in total. The Kier molecular flexibility index (Phi) is 3.88. The first-order chi connectivity index (χ1) is 7.07. The Bertz CT molecular complexity index is 322. The van der Waals surface area contributed by atoms with E-state index in [1.807, 2.05) is 7.05 Å². The minimum atomic E-state index is 0.412. The maximum atomic E-state index is 5.87. The van der Waals surface area contributed by atoms with Gasteiger partial charge in [-0.3, -0.25) is 0 Å². The van der Waals surface area contributed by atoms with E-state index >= 15 is 0 Å². The monoisotopic (exact) mass is 208 g/mol. The minimum absolute atomic E-state index is 0.412. The quantitative estimate of drug-likeness (QED) is 0.820. The summed E-state index contributed by atoms with van der Waals surface area (Å²) in [6.45, 7) is 6.40. The Morgan fingerprint density at radius 1 is 1.40 bits per heavy atom. The SMILES string of the molecule is CCCc1c(N)ncnc1N(C)C(C)C. The van der Waals surface area contributed by atoms with Gasteiger partial charge in [-0.1, -0.05) is 13.3 Å². The largest absolute Gasteiger partial charge is 0.383 e. The number of nitrogens with two attached hydrogens (primary N) is 1. The van der Waals surface area contributed by atoms with Gasteiger partial charge in [0.25, 0.3) is 0 Å². The van der Waals surface area contributed by atoms with Crippen molar-refractivity contribution >= 4 is 11.6 Å². The van der Waals surface area contributed by atoms with Crippen LogP contribution in [-0.2, 0) is 6.42 Å². The molecule has 4 heteroatoms. The van der Waals surface area contributed by atoms with Crippen molar-refractivity contribution < 1.29 is 0 Å². The third kappa shape index (κ3) is 2.58. The van der Waals surface area contributed by atoms with Gasteiger partial charge in [0.05, 0.1) is 0 Å². The highest BCUT2D eigenvalue weighted by Crippen LogP contribution is 2.23. The van der Waals surface area contributed by atoms with E-state index in [2.05, 4.69) is 35.6 Å². The summed E-state index contributed by atoms with van der Waals surface area (Å²) in [6.07, 6.45) is 3.51. The van der Waals surface area contributed by atoms with Crippen molar-refractivity contribution in [2.24, 2.45) is 0 Å². The molecule has 84 valence electrons. The van der Waals surface area contributed by atoms with Gasteiger partial charge >= 0.3 is 0 Å². The average Bonchev–Trinajstić information content (AvgIpc) is 2.20. The predicted octanol–water partition coefficient (Wildman–Crippen LogP) is 1.86. The molecule has 0 aliphatic heterocycles. The predicted molar refractivity (Wildman–Crippen MR) is 64.0 cm³/mol. The van der Waals surface area contributed by atoms with Crippen LogP contribution < -0.4 is 10.6 Å². The zero-order chi connectivity index (χ0) is 11.4. The van der Waals surface area contributed by atoms with Crippen LogP contribution in [0.25, 0.3) is 0 Å². The maximum Gasteiger partial charge on any atom is 0.137 e. The number of rotatable bonds is 4. The Hall–Kier alpha value is -1.32. The van der Waals surface area contributed by atoms with E-state index in [9.17, 15) is 0 Å². The smallest absolute Gasteiger partial charge is 0.137 e. The van der Waals surface area contributed by atoms with Crippen LogP contribution in [0.5, 0.6) is 0 Å². The van der Waals surface area contributed by atoms with Gasteiger partial charge in [0, 0.05) is 18.7 Å². The second-order valence-corrected chi connectivity index (χ2v) is 4.02. The van der Waals surface area contributed by atoms with Crippen molar-refractivity contribution in [1.29, 1.82) is 0 Å². The fourth-order valence-corrected chi connectivity index (χ4v) is 1.45. The Morgan fingerprint density at radius 3 is 2.60 bits per heavy atom. The summed E-state index contributed by atoms with van der Waals surface area (Å²) >= 11 is 0. The molecule has 0 spiro atoms. The first-order valence-corrected chi connectivity index (χ1v) is 5.40. The van der Waals surface area contributed by atoms with E-state index < -0.39 is 0 Å². The minimum Gasteiger partial charge on any atom is -0.383 e. The van der Waals surface area contributed by atoms with Crippen LogP contribution in [0.2, 0.25) is 0 Å². The third-order valence-electron chi connectivity index (χ3n) is 2.56. The van der Waals surface area contributed by atoms with Gasteiger partial charge in [-0.15, -0.1) is 0 Å². The van der Waals surface area contributed by atoms with Gasteiger partial charge < -0.3 is 10.6 Å². The summed E-state index contributed by atoms with van der Waals surface area (Å²) in [5, 5.41) is 0. The first kappa shape index (κ1) is 11.8. The summed E-state index contributed by atoms with van der Waals surface area (Å²) < 4.78 is 0. The van der Waals surface area contributed by atoms with Gasteiger partial charge in [0.2, 0.25) is 0 Å². The molecule has 1 heterocycles. The number of hydrogen-bond donors (Lipinski definition) is 1. The zero-order valence-corrected chi connectivity index (χ0v) is 9.99. The molecule has 2 N–H and O–H groups in total. The first-order valence-electron chi connectivity index (χ1n) is 5.40. The molecule has 0 unspecified atom stereocenters. The number of nitrogens with zero attached hydrogens (tertiary/aromatic N) is 3. The number of hydrogen-bond acceptors (Lipinski definition) is 4. The molecule has 1 aromatic heterocycles. The zero-order valence-electron chi connectivity index (χ0n) is 9.99. The van der Waals surface area contributed by atoms with Crippen molar-refractivity contribution in [2.75, 3.05) is 17.7 Å². The molecule has 0 fully saturated rings. The van der Waals surface area contributed by atoms with Crippen LogP contribution in [-0.4, -0.2) is 23.1 Å². The van der Waals surface area contributed by atoms with Gasteiger partial charge in [-0.05, 0) is 20.3 Å². The Balaban J connectivity index is 3.10. The van der Waals surface area contributed by atoms with Crippen LogP contribution in [0.15, 0.2) is 6.33 Å². The molecule has 0 saturated carbocycles. The van der Waals surface area contributed by atoms with Crippen LogP contribution in [0.4, 0.5) is 11.6 Å². The second kappa shape index (κ2) is 4.96. The van der Waals surface area contributed by atoms with Crippen molar-refractivity contribution in [3.8, 4) is 0 Å². The van der Waals surface area contributed by atoms with E-state index in [0.29, 0.717) is 11.9 Å². The molecule has 1 rings (SSSR count). The van der Waals surface area contributed by atoms with Gasteiger partial charge in [0.15, 0.2) is 0 Å². The molecule has 0 amide bonds. The van der Waals surface area contributed by atoms with Gasteiger partial charge in [0.1, 0.15) is 18.0 Å². The average molecular weight is 208 g/mol. The highest BCUT2D eigenvalue weighted by atomic mass is 15.2. The van der Waals surface area contributed by atoms with E-state index in [1.54, 1.807) is 0 Å². The second-order valence-electron chi connectivity index (χ2n) is 4.02. The van der Waals surface area contributed by atoms with E-state index in [0.717, 1.165) is 24.2 Å². The summed E-state index contributed by atoms with van der Waals surface area (Å²) in [5.41, 5.74) is 6.93. The molecule has 0 saturated heterocycles. The third-order valence-corrected chi connectivity index (χ3v) is 2.56. The molecule has 0 aromatic carbocycles. The van der Waals surface area contributed by atoms with Crippen LogP contribution in [0, 0.1) is 0 Å². The normalized spacial score (nSPS) is 10.7. The van der Waals surface area contributed by atoms with Gasteiger partial charge in [-0.2, -0.15) is 0 Å². The summed E-state index contributed by atoms with van der Waals surface area (Å²) in [4.78, 5) is 10.5. The van der Waals surface area contributed by atoms with Crippen molar-refractivity contribution in [3.63, 3.8) is 0 Å². The van der Waals surface area contributed by atoms with Crippen LogP contribution in [0.3, 0.4) is 0 Å². The highest BCUT2D eigenvalue weighted by molar-refractivity contribution is 5.56. The molecular weight excluding hydrogens is 188 g/mol. The lowest BCUT2D eigenvalue weighted by molar-refractivity contribution is 0.732. The number of nitrogen functional groups attached to an aromatic ring is 1.